The average Bonchev–Trinajstić information content (AvgIpc) is 1.60. The maximum atomic E-state index is 8.54. The van der Waals surface area contributed by atoms with Crippen LogP contribution < -0.4 is 30.2 Å². The van der Waals surface area contributed by atoms with Crippen LogP contribution in [0.3, 0.4) is 0 Å². The highest BCUT2D eigenvalue weighted by atomic mass is 16.5. The Morgan fingerprint density at radius 3 is 1.14 bits per heavy atom. The van der Waals surface area contributed by atoms with Gasteiger partial charge in [0.25, 0.3) is 17.7 Å². The maximum absolute atomic E-state index is 8.54. The molecule has 18 heteroatoms. The molecule has 3 heterocycles. The van der Waals surface area contributed by atoms with Gasteiger partial charge in [-0.05, 0) is 207 Å². The first kappa shape index (κ1) is 47.5. The molecule has 3 aliphatic rings. The molecule has 0 fully saturated rings. The number of aromatic nitrogens is 6. The number of rotatable bonds is 21. The summed E-state index contributed by atoms with van der Waals surface area (Å²) in [5.74, 6) is 3.01. The second-order valence-electron chi connectivity index (χ2n) is 21.6. The number of nitrogens with zero attached hydrogens (tertiary/aromatic N) is 9. The fourth-order valence-corrected chi connectivity index (χ4v) is 10.4. The lowest BCUT2D eigenvalue weighted by Gasteiger charge is -2.13. The minimum Gasteiger partial charge on any atom is -0.502 e. The molecule has 0 amide bonds. The Morgan fingerprint density at radius 1 is 0.489 bits per heavy atom. The van der Waals surface area contributed by atoms with Crippen molar-refractivity contribution < 1.29 is 47.0 Å². The van der Waals surface area contributed by atoms with Crippen molar-refractivity contribution in [2.75, 3.05) is 19.5 Å². The predicted molar refractivity (Wildman–Crippen MR) is 350 cm³/mol. The molecule has 3 atom stereocenters. The van der Waals surface area contributed by atoms with Crippen LogP contribution in [0.15, 0.2) is 123 Å². The van der Waals surface area contributed by atoms with Gasteiger partial charge in [0.05, 0.1) is 38.0 Å². The summed E-state index contributed by atoms with van der Waals surface area (Å²) < 4.78 is 148. The van der Waals surface area contributed by atoms with E-state index in [1.807, 2.05) is 71.9 Å². The molecule has 18 nitrogen and oxygen atoms in total. The molecular weight excluding hydrogens is 1130 g/mol. The van der Waals surface area contributed by atoms with E-state index in [1.54, 1.807) is 85.8 Å². The molecule has 0 aliphatic heterocycles. The molecule has 0 saturated heterocycles. The standard InChI is InChI=1S/3C24H26N4O2/c3*1-5-13-26-20-11-10-17-18(20)7-6-8-19(17)23-27-24(30-28-23)16-9-12-22(29-15(2)3)21(14-16)25-4/h3*6-9,12,14-15,20,26H,5,10-11,13H2,1-3H3/t3*20-/m000/s1/i5D2,11D2,13D2;11D2,13D2;5D2,11D2. The van der Waals surface area contributed by atoms with Crippen LogP contribution in [0.2, 0.25) is 0 Å². The fourth-order valence-electron chi connectivity index (χ4n) is 10.4. The number of hydrogen-bond acceptors (Lipinski definition) is 15. The molecular formula is C72H78N12O6. The Labute approximate surface area is 547 Å². The van der Waals surface area contributed by atoms with Crippen LogP contribution in [0.25, 0.3) is 83.1 Å². The summed E-state index contributed by atoms with van der Waals surface area (Å²) in [6, 6.07) is 28.8. The van der Waals surface area contributed by atoms with E-state index in [-0.39, 0.29) is 74.0 Å². The van der Waals surface area contributed by atoms with E-state index in [0.717, 1.165) is 23.6 Å². The van der Waals surface area contributed by atoms with Gasteiger partial charge in [0.15, 0.2) is 0 Å². The second kappa shape index (κ2) is 29.7. The van der Waals surface area contributed by atoms with Gasteiger partial charge in [-0.1, -0.05) is 90.8 Å². The Hall–Kier alpha value is -9.51. The van der Waals surface area contributed by atoms with E-state index in [1.165, 1.54) is 6.92 Å². The van der Waals surface area contributed by atoms with Crippen molar-refractivity contribution in [3.63, 3.8) is 0 Å². The predicted octanol–water partition coefficient (Wildman–Crippen LogP) is 17.2. The zero-order valence-corrected chi connectivity index (χ0v) is 51.4. The minimum atomic E-state index is -2.46. The molecule has 12 rings (SSSR count). The van der Waals surface area contributed by atoms with E-state index in [0.29, 0.717) is 96.0 Å². The summed E-state index contributed by atoms with van der Waals surface area (Å²) in [6.45, 7) is 33.9. The number of nitrogens with one attached hydrogen (secondary N) is 3. The summed E-state index contributed by atoms with van der Waals surface area (Å²) in [5, 5.41) is 20.8. The molecule has 3 aromatic heterocycles. The lowest BCUT2D eigenvalue weighted by atomic mass is 10.0. The van der Waals surface area contributed by atoms with Gasteiger partial charge < -0.3 is 43.7 Å². The quantitative estimate of drug-likeness (QED) is 0.0575. The van der Waals surface area contributed by atoms with E-state index < -0.39 is 63.0 Å². The molecule has 0 bridgehead atoms. The third kappa shape index (κ3) is 14.6. The van der Waals surface area contributed by atoms with Gasteiger partial charge in [-0.25, -0.2) is 14.5 Å². The Bertz CT molecular complexity index is 4760. The summed E-state index contributed by atoms with van der Waals surface area (Å²) in [6.07, 6.45) is -8.60. The minimum absolute atomic E-state index is 0.0348. The first-order valence-corrected chi connectivity index (χ1v) is 29.5. The number of ether oxygens (including phenoxy) is 3. The number of benzene rings is 6. The number of hydrogen-bond donors (Lipinski definition) is 3. The Balaban J connectivity index is 0.000000168. The maximum Gasteiger partial charge on any atom is 0.256 e. The zero-order valence-electron chi connectivity index (χ0n) is 65.4. The fraction of sp³-hybridized carbons (Fsp3) is 0.375. The lowest BCUT2D eigenvalue weighted by molar-refractivity contribution is 0.244. The highest BCUT2D eigenvalue weighted by molar-refractivity contribution is 5.74. The van der Waals surface area contributed by atoms with Crippen molar-refractivity contribution in [1.82, 2.24) is 46.4 Å². The Morgan fingerprint density at radius 2 is 0.833 bits per heavy atom. The molecule has 0 unspecified atom stereocenters. The molecule has 462 valence electrons. The smallest absolute Gasteiger partial charge is 0.256 e. The third-order valence-electron chi connectivity index (χ3n) is 14.3. The molecule has 0 radical (unpaired) electrons. The molecule has 6 aromatic carbocycles. The normalized spacial score (nSPS) is 19.9. The van der Waals surface area contributed by atoms with Gasteiger partial charge in [-0.3, -0.25) is 0 Å². The highest BCUT2D eigenvalue weighted by Crippen LogP contribution is 2.42. The van der Waals surface area contributed by atoms with Crippen molar-refractivity contribution >= 4 is 17.1 Å². The van der Waals surface area contributed by atoms with Gasteiger partial charge in [-0.15, -0.1) is 0 Å². The summed E-state index contributed by atoms with van der Waals surface area (Å²) in [4.78, 5) is 24.1. The second-order valence-corrected chi connectivity index (χ2v) is 21.6. The molecule has 3 N–H and O–H groups in total. The molecule has 0 saturated carbocycles. The van der Waals surface area contributed by atoms with Crippen molar-refractivity contribution in [1.29, 1.82) is 0 Å². The topological polar surface area (TPSA) is 194 Å². The molecule has 90 heavy (non-hydrogen) atoms. The summed E-state index contributed by atoms with van der Waals surface area (Å²) in [5.41, 5.74) is 8.66. The van der Waals surface area contributed by atoms with Crippen LogP contribution in [-0.4, -0.2) is 68.3 Å². The van der Waals surface area contributed by atoms with Gasteiger partial charge in [0, 0.05) is 70.7 Å². The van der Waals surface area contributed by atoms with E-state index in [4.69, 9.17) is 66.7 Å². The molecule has 9 aromatic rings. The van der Waals surface area contributed by atoms with Crippen molar-refractivity contribution in [3.05, 3.63) is 177 Å². The highest BCUT2D eigenvalue weighted by Gasteiger charge is 2.30. The Kier molecular flexibility index (Phi) is 15.7. The molecule has 3 aliphatic carbocycles. The molecule has 0 spiro atoms. The summed E-state index contributed by atoms with van der Waals surface area (Å²) >= 11 is 0. The van der Waals surface area contributed by atoms with Gasteiger partial charge in [-0.2, -0.15) is 15.0 Å². The van der Waals surface area contributed by atoms with Gasteiger partial charge in [0.1, 0.15) is 17.2 Å². The van der Waals surface area contributed by atoms with Crippen molar-refractivity contribution in [3.8, 4) is 85.8 Å². The van der Waals surface area contributed by atoms with Crippen molar-refractivity contribution in [2.45, 2.75) is 156 Å². The van der Waals surface area contributed by atoms with E-state index >= 15 is 0 Å². The summed E-state index contributed by atoms with van der Waals surface area (Å²) in [7, 11) is 0. The van der Waals surface area contributed by atoms with Crippen LogP contribution >= 0.6 is 0 Å². The van der Waals surface area contributed by atoms with E-state index in [2.05, 4.69) is 60.9 Å². The SMILES string of the molecule is [2H]C([2H])(C)CN[C@@H]1c2cccc(-c3noc(-c4ccc(OC(C)C)c([N+]#[C-])c4)n3)c2CC1([2H])[2H].[2H]C([2H])(CC)N[C@@H]1c2cccc(-c3noc(-c4ccc(OC(C)C)c([N+]#[C-])c4)n3)c2CC1([2H])[2H].[2H]C1([2H])Cc2c(-c3noc(-c4ccc(OC(C)C)c([N+]#[C-])c4)n3)cccc2[C@H]1NC([2H])([2H])C([2H])([2H])C. The number of fused-ring (bicyclic) bond motifs is 3. The first-order valence-electron chi connectivity index (χ1n) is 36.5. The van der Waals surface area contributed by atoms with Gasteiger partial charge >= 0.3 is 0 Å². The van der Waals surface area contributed by atoms with Crippen LogP contribution in [0.1, 0.15) is 171 Å². The van der Waals surface area contributed by atoms with Crippen LogP contribution in [0.4, 0.5) is 17.1 Å². The average molecular weight is 1220 g/mol. The van der Waals surface area contributed by atoms with Crippen LogP contribution in [-0.2, 0) is 19.3 Å². The van der Waals surface area contributed by atoms with Crippen LogP contribution in [0, 0.1) is 19.7 Å². The lowest BCUT2D eigenvalue weighted by Crippen LogP contribution is -2.19. The zero-order chi connectivity index (χ0) is 75.8. The van der Waals surface area contributed by atoms with E-state index in [9.17, 15) is 0 Å². The van der Waals surface area contributed by atoms with Crippen LogP contribution in [0.5, 0.6) is 17.2 Å². The van der Waals surface area contributed by atoms with Crippen molar-refractivity contribution in [2.24, 2.45) is 0 Å². The first-order chi connectivity index (χ1) is 48.8. The third-order valence-corrected chi connectivity index (χ3v) is 14.3. The van der Waals surface area contributed by atoms with Gasteiger partial charge in [0.2, 0.25) is 34.5 Å². The monoisotopic (exact) mass is 1220 g/mol. The largest absolute Gasteiger partial charge is 0.502 e.